The highest BCUT2D eigenvalue weighted by Gasteiger charge is 2.18. The Morgan fingerprint density at radius 1 is 0.500 bits per heavy atom. The predicted molar refractivity (Wildman–Crippen MR) is 199 cm³/mol. The van der Waals surface area contributed by atoms with Crippen LogP contribution in [0.15, 0.2) is 12.2 Å². The second kappa shape index (κ2) is 36.9. The molecule has 0 aromatic carbocycles. The lowest BCUT2D eigenvalue weighted by Gasteiger charge is -2.20. The van der Waals surface area contributed by atoms with Crippen molar-refractivity contribution in [2.75, 3.05) is 6.61 Å². The van der Waals surface area contributed by atoms with Crippen molar-refractivity contribution in [3.63, 3.8) is 0 Å². The Kier molecular flexibility index (Phi) is 36.2. The molecule has 4 N–H and O–H groups in total. The normalized spacial score (nSPS) is 13.8. The van der Waals surface area contributed by atoms with Crippen LogP contribution < -0.4 is 5.32 Å². The summed E-state index contributed by atoms with van der Waals surface area (Å²) in [4.78, 5) is 12.4. The third-order valence-corrected chi connectivity index (χ3v) is 9.60. The quantitative estimate of drug-likeness (QED) is 0.0397. The van der Waals surface area contributed by atoms with Crippen molar-refractivity contribution in [3.05, 3.63) is 12.2 Å². The monoisotopic (exact) mass is 652 g/mol. The minimum atomic E-state index is -1.01. The fourth-order valence-electron chi connectivity index (χ4n) is 6.37. The third-order valence-electron chi connectivity index (χ3n) is 9.60. The highest BCUT2D eigenvalue weighted by molar-refractivity contribution is 5.76. The standard InChI is InChI=1S/C41H81NO4/c1-3-5-7-9-11-13-15-16-17-18-19-20-21-22-23-24-26-28-30-32-34-41(46)42-39(37-43)40(45)36-35-38(44)33-31-29-27-25-14-12-10-8-6-4-2/h35-36,38-40,43-45H,3-34,37H2,1-2H3,(H,42,46)/b36-35+. The summed E-state index contributed by atoms with van der Waals surface area (Å²) in [6.45, 7) is 4.20. The second-order valence-corrected chi connectivity index (χ2v) is 14.2. The summed E-state index contributed by atoms with van der Waals surface area (Å²) >= 11 is 0. The zero-order valence-electron chi connectivity index (χ0n) is 31.0. The van der Waals surface area contributed by atoms with E-state index in [2.05, 4.69) is 19.2 Å². The van der Waals surface area contributed by atoms with E-state index in [0.29, 0.717) is 12.8 Å². The van der Waals surface area contributed by atoms with Crippen molar-refractivity contribution in [2.24, 2.45) is 0 Å². The lowest BCUT2D eigenvalue weighted by atomic mass is 10.0. The van der Waals surface area contributed by atoms with Crippen LogP contribution >= 0.6 is 0 Å². The highest BCUT2D eigenvalue weighted by Crippen LogP contribution is 2.16. The molecule has 3 unspecified atom stereocenters. The van der Waals surface area contributed by atoms with Gasteiger partial charge < -0.3 is 20.6 Å². The van der Waals surface area contributed by atoms with E-state index in [1.54, 1.807) is 6.08 Å². The molecule has 274 valence electrons. The van der Waals surface area contributed by atoms with Crippen molar-refractivity contribution >= 4 is 5.91 Å². The summed E-state index contributed by atoms with van der Waals surface area (Å²) in [5.74, 6) is -0.125. The number of rotatable bonds is 37. The molecule has 3 atom stereocenters. The van der Waals surface area contributed by atoms with Gasteiger partial charge in [-0.05, 0) is 12.8 Å². The van der Waals surface area contributed by atoms with E-state index >= 15 is 0 Å². The van der Waals surface area contributed by atoms with E-state index in [0.717, 1.165) is 32.1 Å². The SMILES string of the molecule is CCCCCCCCCCCCCCCCCCCCCCC(=O)NC(CO)C(O)/C=C/C(O)CCCCCCCCCCCC. The first-order valence-electron chi connectivity index (χ1n) is 20.5. The Hall–Kier alpha value is -0.910. The van der Waals surface area contributed by atoms with Gasteiger partial charge in [0.1, 0.15) is 0 Å². The average molecular weight is 652 g/mol. The number of aliphatic hydroxyl groups excluding tert-OH is 3. The molecule has 5 heteroatoms. The molecule has 0 aliphatic heterocycles. The third kappa shape index (κ3) is 33.0. The Balaban J connectivity index is 3.63. The summed E-state index contributed by atoms with van der Waals surface area (Å²) in [5.41, 5.74) is 0. The number of carbonyl (C=O) groups excluding carboxylic acids is 1. The van der Waals surface area contributed by atoms with Crippen molar-refractivity contribution in [2.45, 2.75) is 238 Å². The van der Waals surface area contributed by atoms with Crippen LogP contribution in [-0.4, -0.2) is 46.1 Å². The predicted octanol–water partition coefficient (Wildman–Crippen LogP) is 11.3. The van der Waals surface area contributed by atoms with E-state index in [4.69, 9.17) is 0 Å². The molecule has 1 amide bonds. The summed E-state index contributed by atoms with van der Waals surface area (Å²) in [7, 11) is 0. The maximum absolute atomic E-state index is 12.4. The fraction of sp³-hybridized carbons (Fsp3) is 0.927. The minimum Gasteiger partial charge on any atom is -0.394 e. The number of amides is 1. The molecule has 0 saturated heterocycles. The first kappa shape index (κ1) is 45.1. The molecular formula is C41H81NO4. The number of aliphatic hydroxyl groups is 3. The fourth-order valence-corrected chi connectivity index (χ4v) is 6.37. The van der Waals surface area contributed by atoms with E-state index in [-0.39, 0.29) is 12.5 Å². The lowest BCUT2D eigenvalue weighted by molar-refractivity contribution is -0.123. The largest absolute Gasteiger partial charge is 0.394 e. The van der Waals surface area contributed by atoms with Crippen LogP contribution in [0.5, 0.6) is 0 Å². The first-order chi connectivity index (χ1) is 22.5. The van der Waals surface area contributed by atoms with Gasteiger partial charge in [0.25, 0.3) is 0 Å². The number of nitrogens with one attached hydrogen (secondary N) is 1. The van der Waals surface area contributed by atoms with Gasteiger partial charge in [0, 0.05) is 6.42 Å². The van der Waals surface area contributed by atoms with Gasteiger partial charge in [0.05, 0.1) is 24.9 Å². The van der Waals surface area contributed by atoms with Gasteiger partial charge in [0.15, 0.2) is 0 Å². The molecule has 0 bridgehead atoms. The Morgan fingerprint density at radius 2 is 0.826 bits per heavy atom. The molecule has 0 aromatic heterocycles. The van der Waals surface area contributed by atoms with Crippen molar-refractivity contribution in [1.29, 1.82) is 0 Å². The van der Waals surface area contributed by atoms with Crippen LogP contribution in [0.1, 0.15) is 219 Å². The number of carbonyl (C=O) groups is 1. The molecule has 0 heterocycles. The maximum Gasteiger partial charge on any atom is 0.220 e. The zero-order chi connectivity index (χ0) is 33.8. The number of hydrogen-bond acceptors (Lipinski definition) is 4. The molecular weight excluding hydrogens is 570 g/mol. The molecule has 0 radical (unpaired) electrons. The van der Waals surface area contributed by atoms with Crippen LogP contribution in [0.4, 0.5) is 0 Å². The second-order valence-electron chi connectivity index (χ2n) is 14.2. The molecule has 0 rings (SSSR count). The Labute approximate surface area is 287 Å². The first-order valence-corrected chi connectivity index (χ1v) is 20.5. The van der Waals surface area contributed by atoms with E-state index in [1.165, 1.54) is 167 Å². The van der Waals surface area contributed by atoms with Gasteiger partial charge in [-0.25, -0.2) is 0 Å². The topological polar surface area (TPSA) is 89.8 Å². The van der Waals surface area contributed by atoms with Crippen LogP contribution in [0.3, 0.4) is 0 Å². The number of unbranched alkanes of at least 4 members (excludes halogenated alkanes) is 28. The molecule has 46 heavy (non-hydrogen) atoms. The lowest BCUT2D eigenvalue weighted by Crippen LogP contribution is -2.45. The molecule has 5 nitrogen and oxygen atoms in total. The van der Waals surface area contributed by atoms with E-state index in [1.807, 2.05) is 0 Å². The number of hydrogen-bond donors (Lipinski definition) is 4. The van der Waals surface area contributed by atoms with Gasteiger partial charge in [-0.3, -0.25) is 4.79 Å². The van der Waals surface area contributed by atoms with E-state index < -0.39 is 18.2 Å². The highest BCUT2D eigenvalue weighted by atomic mass is 16.3. The Morgan fingerprint density at radius 3 is 1.17 bits per heavy atom. The molecule has 0 fully saturated rings. The summed E-state index contributed by atoms with van der Waals surface area (Å²) in [6, 6.07) is -0.738. The van der Waals surface area contributed by atoms with Crippen molar-refractivity contribution < 1.29 is 20.1 Å². The smallest absolute Gasteiger partial charge is 0.220 e. The van der Waals surface area contributed by atoms with Crippen LogP contribution in [0.25, 0.3) is 0 Å². The Bertz CT molecular complexity index is 640. The van der Waals surface area contributed by atoms with Crippen molar-refractivity contribution in [3.8, 4) is 0 Å². The molecule has 0 aliphatic carbocycles. The zero-order valence-corrected chi connectivity index (χ0v) is 31.0. The summed E-state index contributed by atoms with van der Waals surface area (Å²) in [5, 5.41) is 33.1. The molecule has 0 saturated carbocycles. The summed E-state index contributed by atoms with van der Waals surface area (Å²) in [6.07, 6.45) is 41.9. The molecule has 0 aliphatic rings. The van der Waals surface area contributed by atoms with Crippen LogP contribution in [-0.2, 0) is 4.79 Å². The van der Waals surface area contributed by atoms with Crippen LogP contribution in [0.2, 0.25) is 0 Å². The van der Waals surface area contributed by atoms with Gasteiger partial charge in [-0.1, -0.05) is 212 Å². The summed E-state index contributed by atoms with van der Waals surface area (Å²) < 4.78 is 0. The molecule has 0 aromatic rings. The van der Waals surface area contributed by atoms with Gasteiger partial charge in [-0.2, -0.15) is 0 Å². The maximum atomic E-state index is 12.4. The van der Waals surface area contributed by atoms with Crippen molar-refractivity contribution in [1.82, 2.24) is 5.32 Å². The van der Waals surface area contributed by atoms with E-state index in [9.17, 15) is 20.1 Å². The van der Waals surface area contributed by atoms with Gasteiger partial charge >= 0.3 is 0 Å². The minimum absolute atomic E-state index is 0.125. The average Bonchev–Trinajstić information content (AvgIpc) is 3.06. The van der Waals surface area contributed by atoms with Gasteiger partial charge in [-0.15, -0.1) is 0 Å². The van der Waals surface area contributed by atoms with Crippen LogP contribution in [0, 0.1) is 0 Å². The molecule has 0 spiro atoms. The van der Waals surface area contributed by atoms with Gasteiger partial charge in [0.2, 0.25) is 5.91 Å².